The Hall–Kier alpha value is -8.03. The number of para-hydroxylation sites is 4. The molecule has 7 nitrogen and oxygen atoms in total. The average molecular weight is 745 g/mol. The smallest absolute Gasteiger partial charge is 0.164 e. The molecule has 0 unspecified atom stereocenters. The van der Waals surface area contributed by atoms with Gasteiger partial charge in [0, 0.05) is 71.5 Å². The fourth-order valence-electron chi connectivity index (χ4n) is 8.74. The van der Waals surface area contributed by atoms with Gasteiger partial charge >= 0.3 is 0 Å². The van der Waals surface area contributed by atoms with Gasteiger partial charge in [-0.25, -0.2) is 15.0 Å². The van der Waals surface area contributed by atoms with Crippen molar-refractivity contribution in [3.05, 3.63) is 170 Å². The molecule has 0 saturated carbocycles. The van der Waals surface area contributed by atoms with Crippen molar-refractivity contribution in [2.75, 3.05) is 0 Å². The van der Waals surface area contributed by atoms with Gasteiger partial charge in [-0.05, 0) is 72.8 Å². The fourth-order valence-corrected chi connectivity index (χ4v) is 8.74. The Morgan fingerprint density at radius 1 is 0.293 bits per heavy atom. The van der Waals surface area contributed by atoms with Crippen molar-refractivity contribution in [3.63, 3.8) is 0 Å². The molecule has 0 spiro atoms. The van der Waals surface area contributed by atoms with Gasteiger partial charge in [0.2, 0.25) is 0 Å². The highest BCUT2D eigenvalue weighted by Crippen LogP contribution is 2.38. The van der Waals surface area contributed by atoms with Crippen LogP contribution in [0.3, 0.4) is 0 Å². The van der Waals surface area contributed by atoms with E-state index in [0.717, 1.165) is 99.2 Å². The van der Waals surface area contributed by atoms with Crippen LogP contribution in [-0.4, -0.2) is 19.5 Å². The minimum absolute atomic E-state index is 0.530. The van der Waals surface area contributed by atoms with E-state index in [2.05, 4.69) is 108 Å². The second-order valence-electron chi connectivity index (χ2n) is 14.8. The van der Waals surface area contributed by atoms with Gasteiger partial charge in [-0.3, -0.25) is 0 Å². The molecule has 0 N–H and O–H groups in total. The molecule has 0 bridgehead atoms. The lowest BCUT2D eigenvalue weighted by Gasteiger charge is -2.09. The molecular weight excluding hydrogens is 717 g/mol. The van der Waals surface area contributed by atoms with Crippen LogP contribution in [0.25, 0.3) is 127 Å². The molecule has 0 amide bonds. The maximum Gasteiger partial charge on any atom is 0.164 e. The summed E-state index contributed by atoms with van der Waals surface area (Å²) in [5.74, 6) is 1.60. The number of nitrogens with zero attached hydrogens (tertiary/aromatic N) is 4. The predicted molar refractivity (Wildman–Crippen MR) is 232 cm³/mol. The van der Waals surface area contributed by atoms with E-state index >= 15 is 0 Å². The summed E-state index contributed by atoms with van der Waals surface area (Å²) >= 11 is 0. The fraction of sp³-hybridized carbons (Fsp3) is 0. The highest BCUT2D eigenvalue weighted by molar-refractivity contribution is 6.11. The third-order valence-corrected chi connectivity index (χ3v) is 11.5. The second-order valence-corrected chi connectivity index (χ2v) is 14.8. The highest BCUT2D eigenvalue weighted by Gasteiger charge is 2.19. The number of fused-ring (bicyclic) bond motifs is 12. The number of hydrogen-bond donors (Lipinski definition) is 0. The molecular formula is C51H28N4O3. The second kappa shape index (κ2) is 11.7. The van der Waals surface area contributed by atoms with Gasteiger partial charge in [-0.1, -0.05) is 91.0 Å². The molecule has 58 heavy (non-hydrogen) atoms. The molecule has 0 radical (unpaired) electrons. The van der Waals surface area contributed by atoms with Crippen LogP contribution in [0.4, 0.5) is 0 Å². The zero-order valence-corrected chi connectivity index (χ0v) is 30.7. The number of hydrogen-bond acceptors (Lipinski definition) is 6. The van der Waals surface area contributed by atoms with Gasteiger partial charge in [0.1, 0.15) is 33.5 Å². The van der Waals surface area contributed by atoms with E-state index in [9.17, 15) is 0 Å². The number of aromatic nitrogens is 4. The first kappa shape index (κ1) is 31.2. The summed E-state index contributed by atoms with van der Waals surface area (Å²) in [6.45, 7) is 0. The van der Waals surface area contributed by atoms with E-state index in [1.807, 2.05) is 66.7 Å². The van der Waals surface area contributed by atoms with Crippen molar-refractivity contribution in [2.45, 2.75) is 0 Å². The zero-order valence-electron chi connectivity index (χ0n) is 30.7. The largest absolute Gasteiger partial charge is 0.456 e. The van der Waals surface area contributed by atoms with Crippen LogP contribution in [0.5, 0.6) is 0 Å². The van der Waals surface area contributed by atoms with Crippen LogP contribution in [0.2, 0.25) is 0 Å². The lowest BCUT2D eigenvalue weighted by atomic mass is 10.1. The molecule has 0 aliphatic carbocycles. The summed E-state index contributed by atoms with van der Waals surface area (Å²) in [4.78, 5) is 15.2. The molecule has 0 saturated heterocycles. The van der Waals surface area contributed by atoms with Crippen LogP contribution >= 0.6 is 0 Å². The summed E-state index contributed by atoms with van der Waals surface area (Å²) in [6.07, 6.45) is 0. The van der Waals surface area contributed by atoms with Crippen LogP contribution < -0.4 is 0 Å². The first-order valence-electron chi connectivity index (χ1n) is 19.2. The SMILES string of the molecule is c1ccc2c(c1)oc1cc(-c3nc(-c4ccc5c(c4)oc4ccccc45)nc(-c4ccc5c(c4)oc4cc(-n6c7ccccc7c7ccccc76)ccc45)n3)ccc12. The molecule has 5 aromatic heterocycles. The lowest BCUT2D eigenvalue weighted by Crippen LogP contribution is -2.00. The molecule has 0 fully saturated rings. The lowest BCUT2D eigenvalue weighted by molar-refractivity contribution is 0.668. The number of rotatable bonds is 4. The van der Waals surface area contributed by atoms with Crippen molar-refractivity contribution in [3.8, 4) is 39.9 Å². The summed E-state index contributed by atoms with van der Waals surface area (Å²) < 4.78 is 21.5. The van der Waals surface area contributed by atoms with Crippen LogP contribution in [-0.2, 0) is 0 Å². The predicted octanol–water partition coefficient (Wildman–Crippen LogP) is 13.7. The first-order valence-corrected chi connectivity index (χ1v) is 19.2. The highest BCUT2D eigenvalue weighted by atomic mass is 16.3. The molecule has 0 atom stereocenters. The van der Waals surface area contributed by atoms with E-state index in [0.29, 0.717) is 17.5 Å². The maximum atomic E-state index is 6.65. The van der Waals surface area contributed by atoms with Crippen LogP contribution in [0, 0.1) is 0 Å². The Bertz CT molecular complexity index is 3640. The molecule has 8 aromatic carbocycles. The number of benzene rings is 8. The zero-order chi connectivity index (χ0) is 37.9. The van der Waals surface area contributed by atoms with Gasteiger partial charge in [0.15, 0.2) is 17.5 Å². The van der Waals surface area contributed by atoms with Gasteiger partial charge in [-0.15, -0.1) is 0 Å². The number of furan rings is 3. The molecule has 13 aromatic rings. The van der Waals surface area contributed by atoms with Crippen LogP contribution in [0.1, 0.15) is 0 Å². The van der Waals surface area contributed by atoms with Gasteiger partial charge in [-0.2, -0.15) is 0 Å². The minimum Gasteiger partial charge on any atom is -0.456 e. The van der Waals surface area contributed by atoms with Crippen molar-refractivity contribution in [1.82, 2.24) is 19.5 Å². The minimum atomic E-state index is 0.530. The van der Waals surface area contributed by atoms with E-state index < -0.39 is 0 Å². The Morgan fingerprint density at radius 2 is 0.638 bits per heavy atom. The Labute approximate surface area is 329 Å². The Kier molecular flexibility index (Phi) is 6.32. The molecule has 0 aliphatic rings. The van der Waals surface area contributed by atoms with Gasteiger partial charge < -0.3 is 17.8 Å². The molecule has 13 rings (SSSR count). The quantitative estimate of drug-likeness (QED) is 0.178. The summed E-state index contributed by atoms with van der Waals surface area (Å²) in [5.41, 5.74) is 10.6. The average Bonchev–Trinajstić information content (AvgIpc) is 4.04. The van der Waals surface area contributed by atoms with Gasteiger partial charge in [0.25, 0.3) is 0 Å². The standard InChI is InChI=1S/C51H28N4O3/c1-5-13-41-33(9-1)34-10-2-6-14-42(34)55(41)32-20-24-40-39-23-19-31(27-47(39)58-48(40)28-32)51-53-49(29-17-21-37-35-11-3-7-15-43(35)56-45(37)25-29)52-50(54-51)30-18-22-38-36-12-4-8-16-44(36)57-46(38)26-30/h1-28H. The summed E-state index contributed by atoms with van der Waals surface area (Å²) in [7, 11) is 0. The molecule has 270 valence electrons. The summed E-state index contributed by atoms with van der Waals surface area (Å²) in [6, 6.07) is 58.2. The molecule has 5 heterocycles. The Morgan fingerprint density at radius 3 is 1.10 bits per heavy atom. The molecule has 0 aliphatic heterocycles. The van der Waals surface area contributed by atoms with Gasteiger partial charge in [0.05, 0.1) is 11.0 Å². The third kappa shape index (κ3) is 4.58. The summed E-state index contributed by atoms with van der Waals surface area (Å²) in [5, 5.41) is 8.73. The van der Waals surface area contributed by atoms with Crippen molar-refractivity contribution in [2.24, 2.45) is 0 Å². The van der Waals surface area contributed by atoms with Crippen molar-refractivity contribution in [1.29, 1.82) is 0 Å². The van der Waals surface area contributed by atoms with Crippen molar-refractivity contribution < 1.29 is 13.3 Å². The first-order chi connectivity index (χ1) is 28.7. The van der Waals surface area contributed by atoms with E-state index in [1.54, 1.807) is 0 Å². The van der Waals surface area contributed by atoms with E-state index in [1.165, 1.54) is 10.8 Å². The van der Waals surface area contributed by atoms with E-state index in [4.69, 9.17) is 28.2 Å². The van der Waals surface area contributed by atoms with Crippen molar-refractivity contribution >= 4 is 87.6 Å². The third-order valence-electron chi connectivity index (χ3n) is 11.5. The maximum absolute atomic E-state index is 6.65. The topological polar surface area (TPSA) is 83.0 Å². The van der Waals surface area contributed by atoms with E-state index in [-0.39, 0.29) is 0 Å². The van der Waals surface area contributed by atoms with Crippen LogP contribution in [0.15, 0.2) is 183 Å². The Balaban J connectivity index is 0.970. The normalized spacial score (nSPS) is 12.1. The monoisotopic (exact) mass is 744 g/mol. The molecule has 7 heteroatoms.